The van der Waals surface area contributed by atoms with Crippen molar-refractivity contribution in [1.82, 2.24) is 0 Å². The van der Waals surface area contributed by atoms with Crippen LogP contribution in [-0.2, 0) is 10.2 Å². The second-order valence-corrected chi connectivity index (χ2v) is 14.2. The van der Waals surface area contributed by atoms with Crippen molar-refractivity contribution < 1.29 is 14.3 Å². The lowest BCUT2D eigenvalue weighted by Crippen LogP contribution is -2.54. The van der Waals surface area contributed by atoms with Crippen LogP contribution in [0.1, 0.15) is 18.4 Å². The Labute approximate surface area is 167 Å². The van der Waals surface area contributed by atoms with Crippen LogP contribution in [0.2, 0.25) is 19.6 Å². The number of carbonyl (C=O) groups is 1. The molecule has 1 fully saturated rings. The van der Waals surface area contributed by atoms with Crippen LogP contribution >= 0.6 is 11.8 Å². The molecule has 5 heteroatoms. The molecule has 0 bridgehead atoms. The van der Waals surface area contributed by atoms with Gasteiger partial charge >= 0.3 is 0 Å². The van der Waals surface area contributed by atoms with Crippen molar-refractivity contribution in [3.63, 3.8) is 0 Å². The maximum Gasteiger partial charge on any atom is 0.161 e. The molecule has 0 N–H and O–H groups in total. The predicted molar refractivity (Wildman–Crippen MR) is 116 cm³/mol. The number of rotatable bonds is 7. The van der Waals surface area contributed by atoms with Gasteiger partial charge in [0.15, 0.2) is 11.5 Å². The summed E-state index contributed by atoms with van der Waals surface area (Å²) < 4.78 is 11.1. The molecule has 0 aliphatic heterocycles. The van der Waals surface area contributed by atoms with E-state index in [2.05, 4.69) is 43.9 Å². The summed E-state index contributed by atoms with van der Waals surface area (Å²) in [5, 5.41) is 1.29. The zero-order valence-electron chi connectivity index (χ0n) is 16.8. The molecule has 2 aromatic carbocycles. The highest BCUT2D eigenvalue weighted by atomic mass is 32.2. The molecule has 3 nitrogen and oxygen atoms in total. The minimum Gasteiger partial charge on any atom is -0.493 e. The topological polar surface area (TPSA) is 35.5 Å². The van der Waals surface area contributed by atoms with E-state index in [-0.39, 0.29) is 0 Å². The van der Waals surface area contributed by atoms with Crippen LogP contribution in [0.15, 0.2) is 47.4 Å². The van der Waals surface area contributed by atoms with Gasteiger partial charge in [0, 0.05) is 17.1 Å². The van der Waals surface area contributed by atoms with E-state index in [9.17, 15) is 4.79 Å². The van der Waals surface area contributed by atoms with Crippen molar-refractivity contribution in [2.24, 2.45) is 0 Å². The maximum absolute atomic E-state index is 12.9. The molecule has 0 aromatic heterocycles. The fourth-order valence-corrected chi connectivity index (χ4v) is 6.57. The molecular weight excluding hydrogens is 372 g/mol. The Hall–Kier alpha value is -1.72. The van der Waals surface area contributed by atoms with Gasteiger partial charge in [0.05, 0.1) is 27.7 Å². The van der Waals surface area contributed by atoms with Crippen LogP contribution in [0.5, 0.6) is 11.5 Å². The van der Waals surface area contributed by atoms with Crippen molar-refractivity contribution >= 4 is 30.8 Å². The highest BCUT2D eigenvalue weighted by molar-refractivity contribution is 7.99. The molecule has 0 spiro atoms. The first kappa shape index (κ1) is 20.0. The minimum absolute atomic E-state index is 0.345. The summed E-state index contributed by atoms with van der Waals surface area (Å²) in [7, 11) is 1.64. The summed E-state index contributed by atoms with van der Waals surface area (Å²) in [5.74, 6) is 2.57. The second kappa shape index (κ2) is 7.72. The van der Waals surface area contributed by atoms with Gasteiger partial charge in [-0.25, -0.2) is 0 Å². The Kier molecular flexibility index (Phi) is 5.73. The second-order valence-electron chi connectivity index (χ2n) is 8.11. The smallest absolute Gasteiger partial charge is 0.161 e. The summed E-state index contributed by atoms with van der Waals surface area (Å²) >= 11 is 1.77. The highest BCUT2D eigenvalue weighted by Gasteiger charge is 2.49. The fraction of sp³-hybridized carbons (Fsp3) is 0.409. The number of hydrogen-bond acceptors (Lipinski definition) is 4. The Balaban J connectivity index is 2.08. The van der Waals surface area contributed by atoms with Gasteiger partial charge in [0.1, 0.15) is 5.78 Å². The lowest BCUT2D eigenvalue weighted by atomic mass is 9.64. The number of ketones is 1. The Morgan fingerprint density at radius 3 is 2.15 bits per heavy atom. The zero-order chi connectivity index (χ0) is 19.7. The number of carbonyl (C=O) groups excluding carboxylic acids is 1. The first-order valence-electron chi connectivity index (χ1n) is 9.30. The molecule has 1 aliphatic rings. The molecule has 1 atom stereocenters. The third kappa shape index (κ3) is 3.80. The largest absolute Gasteiger partial charge is 0.493 e. The molecule has 3 rings (SSSR count). The highest BCUT2D eigenvalue weighted by Crippen LogP contribution is 2.46. The van der Waals surface area contributed by atoms with Gasteiger partial charge in [0.25, 0.3) is 0 Å². The average Bonchev–Trinajstić information content (AvgIpc) is 2.66. The molecule has 144 valence electrons. The Morgan fingerprint density at radius 1 is 1.04 bits per heavy atom. The van der Waals surface area contributed by atoms with E-state index in [4.69, 9.17) is 9.47 Å². The third-order valence-corrected chi connectivity index (χ3v) is 8.66. The van der Waals surface area contributed by atoms with Crippen LogP contribution in [0, 0.1) is 0 Å². The fourth-order valence-electron chi connectivity index (χ4n) is 3.66. The lowest BCUT2D eigenvalue weighted by Gasteiger charge is -2.43. The molecule has 27 heavy (non-hydrogen) atoms. The number of hydrogen-bond donors (Lipinski definition) is 0. The first-order valence-corrected chi connectivity index (χ1v) is 13.8. The number of Topliss-reactive ketones (excluding diaryl/α,β-unsaturated/α-hetero) is 1. The van der Waals surface area contributed by atoms with Gasteiger partial charge < -0.3 is 9.47 Å². The standard InChI is InChI=1S/C22H28O3SSi/c1-24-18-13-17(20(27(3,4)5)14-19(18)25-2)22(12-11-21(22)23)15-26-16-9-7-6-8-10-16/h6-10,13-14H,11-12,15H2,1-5H3/t22-/m1/s1. The van der Waals surface area contributed by atoms with Crippen molar-refractivity contribution in [3.05, 3.63) is 48.0 Å². The van der Waals surface area contributed by atoms with Crippen LogP contribution in [0.25, 0.3) is 0 Å². The lowest BCUT2D eigenvalue weighted by molar-refractivity contribution is -0.130. The van der Waals surface area contributed by atoms with Crippen LogP contribution in [0.3, 0.4) is 0 Å². The van der Waals surface area contributed by atoms with Crippen molar-refractivity contribution in [3.8, 4) is 11.5 Å². The van der Waals surface area contributed by atoms with Gasteiger partial charge in [-0.15, -0.1) is 11.8 Å². The van der Waals surface area contributed by atoms with Crippen LogP contribution in [-0.4, -0.2) is 33.8 Å². The first-order chi connectivity index (χ1) is 12.8. The number of benzene rings is 2. The number of methoxy groups -OCH3 is 2. The molecule has 1 aliphatic carbocycles. The average molecular weight is 401 g/mol. The van der Waals surface area contributed by atoms with Crippen molar-refractivity contribution in [2.75, 3.05) is 20.0 Å². The molecule has 1 saturated carbocycles. The zero-order valence-corrected chi connectivity index (χ0v) is 18.6. The molecule has 0 amide bonds. The SMILES string of the molecule is COc1cc([C@]2(CSc3ccccc3)CCC2=O)c([Si](C)(C)C)cc1OC. The molecule has 0 saturated heterocycles. The van der Waals surface area contributed by atoms with E-state index >= 15 is 0 Å². The minimum atomic E-state index is -1.69. The van der Waals surface area contributed by atoms with E-state index < -0.39 is 13.5 Å². The summed E-state index contributed by atoms with van der Waals surface area (Å²) in [5.41, 5.74) is 0.731. The third-order valence-electron chi connectivity index (χ3n) is 5.39. The monoisotopic (exact) mass is 400 g/mol. The molecule has 0 radical (unpaired) electrons. The van der Waals surface area contributed by atoms with Gasteiger partial charge in [-0.1, -0.05) is 43.0 Å². The molecule has 0 unspecified atom stereocenters. The van der Waals surface area contributed by atoms with Crippen molar-refractivity contribution in [1.29, 1.82) is 0 Å². The quantitative estimate of drug-likeness (QED) is 0.501. The van der Waals surface area contributed by atoms with E-state index in [1.165, 1.54) is 10.1 Å². The van der Waals surface area contributed by atoms with Gasteiger partial charge in [-0.05, 0) is 36.2 Å². The Bertz CT molecular complexity index is 829. The van der Waals surface area contributed by atoms with Crippen LogP contribution < -0.4 is 14.7 Å². The summed E-state index contributed by atoms with van der Waals surface area (Å²) in [6, 6.07) is 14.5. The van der Waals surface area contributed by atoms with Gasteiger partial charge in [0.2, 0.25) is 0 Å². The van der Waals surface area contributed by atoms with Gasteiger partial charge in [-0.2, -0.15) is 0 Å². The number of thioether (sulfide) groups is 1. The van der Waals surface area contributed by atoms with Crippen molar-refractivity contribution in [2.45, 2.75) is 42.8 Å². The normalized spacial score (nSPS) is 19.5. The van der Waals surface area contributed by atoms with E-state index in [0.29, 0.717) is 18.0 Å². The summed E-state index contributed by atoms with van der Waals surface area (Å²) in [6.45, 7) is 6.96. The van der Waals surface area contributed by atoms with E-state index in [1.807, 2.05) is 18.2 Å². The predicted octanol–water partition coefficient (Wildman–Crippen LogP) is 4.64. The molecular formula is C22H28O3SSi. The van der Waals surface area contributed by atoms with Crippen LogP contribution in [0.4, 0.5) is 0 Å². The molecule has 2 aromatic rings. The Morgan fingerprint density at radius 2 is 1.67 bits per heavy atom. The van der Waals surface area contributed by atoms with E-state index in [0.717, 1.165) is 23.5 Å². The molecule has 0 heterocycles. The van der Waals surface area contributed by atoms with E-state index in [1.54, 1.807) is 26.0 Å². The number of ether oxygens (including phenoxy) is 2. The summed E-state index contributed by atoms with van der Waals surface area (Å²) in [4.78, 5) is 14.1. The van der Waals surface area contributed by atoms with Gasteiger partial charge in [-0.3, -0.25) is 4.79 Å². The summed E-state index contributed by atoms with van der Waals surface area (Å²) in [6.07, 6.45) is 1.56. The maximum atomic E-state index is 12.9.